The van der Waals surface area contributed by atoms with Gasteiger partial charge in [0.15, 0.2) is 0 Å². The van der Waals surface area contributed by atoms with Gasteiger partial charge >= 0.3 is 0 Å². The van der Waals surface area contributed by atoms with Gasteiger partial charge in [0, 0.05) is 11.5 Å². The normalized spacial score (nSPS) is 21.2. The van der Waals surface area contributed by atoms with Crippen LogP contribution in [0, 0.1) is 11.2 Å². The van der Waals surface area contributed by atoms with E-state index in [0.717, 1.165) is 5.56 Å². The van der Waals surface area contributed by atoms with E-state index in [9.17, 15) is 12.8 Å². The Morgan fingerprint density at radius 1 is 1.07 bits per heavy atom. The van der Waals surface area contributed by atoms with Crippen molar-refractivity contribution in [2.45, 2.75) is 30.6 Å². The minimum Gasteiger partial charge on any atom is -0.420 e. The lowest BCUT2D eigenvalue weighted by Crippen LogP contribution is -2.11. The number of primary sulfonamides is 1. The lowest BCUT2D eigenvalue weighted by atomic mass is 10.0. The van der Waals surface area contributed by atoms with Crippen LogP contribution in [-0.4, -0.2) is 18.6 Å². The van der Waals surface area contributed by atoms with E-state index in [1.54, 1.807) is 24.3 Å². The zero-order valence-corrected chi connectivity index (χ0v) is 15.6. The van der Waals surface area contributed by atoms with E-state index in [0.29, 0.717) is 11.5 Å². The summed E-state index contributed by atoms with van der Waals surface area (Å²) in [5.41, 5.74) is 1.37. The van der Waals surface area contributed by atoms with Crippen LogP contribution >= 0.6 is 0 Å². The number of halogens is 1. The van der Waals surface area contributed by atoms with E-state index in [1.807, 2.05) is 0 Å². The van der Waals surface area contributed by atoms with Gasteiger partial charge < -0.3 is 4.42 Å². The minimum absolute atomic E-state index is 0.00681. The number of hydrogen-bond donors (Lipinski definition) is 1. The monoisotopic (exact) mass is 387 g/mol. The molecule has 1 saturated carbocycles. The first kappa shape index (κ1) is 17.8. The van der Waals surface area contributed by atoms with Crippen LogP contribution in [0.1, 0.15) is 37.1 Å². The molecule has 2 aromatic carbocycles. The van der Waals surface area contributed by atoms with Crippen molar-refractivity contribution >= 4 is 10.0 Å². The molecule has 2 N–H and O–H groups in total. The average molecular weight is 387 g/mol. The van der Waals surface area contributed by atoms with Crippen LogP contribution in [0.4, 0.5) is 4.39 Å². The summed E-state index contributed by atoms with van der Waals surface area (Å²) in [6, 6.07) is 12.5. The van der Waals surface area contributed by atoms with E-state index >= 15 is 0 Å². The summed E-state index contributed by atoms with van der Waals surface area (Å²) in [6.07, 6.45) is 0. The van der Waals surface area contributed by atoms with E-state index in [-0.39, 0.29) is 33.9 Å². The quantitative estimate of drug-likeness (QED) is 0.739. The molecule has 3 aromatic rings. The van der Waals surface area contributed by atoms with Crippen molar-refractivity contribution in [1.29, 1.82) is 0 Å². The van der Waals surface area contributed by atoms with Crippen molar-refractivity contribution in [3.8, 4) is 11.5 Å². The summed E-state index contributed by atoms with van der Waals surface area (Å²) >= 11 is 0. The number of hydrogen-bond acceptors (Lipinski definition) is 5. The van der Waals surface area contributed by atoms with E-state index < -0.39 is 10.0 Å². The van der Waals surface area contributed by atoms with E-state index in [2.05, 4.69) is 24.0 Å². The van der Waals surface area contributed by atoms with Gasteiger partial charge in [-0.25, -0.2) is 17.9 Å². The second-order valence-electron chi connectivity index (χ2n) is 7.35. The molecule has 2 atom stereocenters. The number of rotatable bonds is 4. The maximum atomic E-state index is 13.4. The van der Waals surface area contributed by atoms with Crippen LogP contribution in [0.15, 0.2) is 57.8 Å². The molecule has 0 aliphatic heterocycles. The average Bonchev–Trinajstić information content (AvgIpc) is 2.94. The molecular weight excluding hydrogens is 369 g/mol. The largest absolute Gasteiger partial charge is 0.420 e. The summed E-state index contributed by atoms with van der Waals surface area (Å²) in [4.78, 5) is 0.0763. The van der Waals surface area contributed by atoms with Crippen molar-refractivity contribution in [3.63, 3.8) is 0 Å². The molecule has 0 amide bonds. The van der Waals surface area contributed by atoms with Gasteiger partial charge in [0.1, 0.15) is 5.82 Å². The highest BCUT2D eigenvalue weighted by atomic mass is 32.2. The predicted octanol–water partition coefficient (Wildman–Crippen LogP) is 3.43. The Hall–Kier alpha value is -2.58. The molecule has 8 heteroatoms. The fourth-order valence-electron chi connectivity index (χ4n) is 3.68. The number of benzene rings is 2. The van der Waals surface area contributed by atoms with Crippen LogP contribution in [0.25, 0.3) is 11.5 Å². The van der Waals surface area contributed by atoms with Gasteiger partial charge in [0.05, 0.1) is 10.8 Å². The predicted molar refractivity (Wildman–Crippen MR) is 96.8 cm³/mol. The molecule has 1 aromatic heterocycles. The molecule has 0 saturated heterocycles. The highest BCUT2D eigenvalue weighted by Crippen LogP contribution is 2.69. The van der Waals surface area contributed by atoms with Crippen LogP contribution in [-0.2, 0) is 10.0 Å². The second-order valence-corrected chi connectivity index (χ2v) is 8.91. The molecule has 1 fully saturated rings. The number of aromatic nitrogens is 2. The van der Waals surface area contributed by atoms with Gasteiger partial charge in [-0.15, -0.1) is 10.2 Å². The van der Waals surface area contributed by atoms with E-state index in [1.165, 1.54) is 24.3 Å². The van der Waals surface area contributed by atoms with Crippen LogP contribution in [0.5, 0.6) is 0 Å². The summed E-state index contributed by atoms with van der Waals surface area (Å²) < 4.78 is 42.1. The van der Waals surface area contributed by atoms with Gasteiger partial charge in [-0.2, -0.15) is 0 Å². The first-order valence-corrected chi connectivity index (χ1v) is 9.94. The Bertz CT molecular complexity index is 1110. The van der Waals surface area contributed by atoms with E-state index in [4.69, 9.17) is 9.56 Å². The Labute approximate surface area is 156 Å². The summed E-state index contributed by atoms with van der Waals surface area (Å²) in [5, 5.41) is 13.4. The van der Waals surface area contributed by atoms with Crippen molar-refractivity contribution in [1.82, 2.24) is 10.2 Å². The molecule has 27 heavy (non-hydrogen) atoms. The zero-order valence-electron chi connectivity index (χ0n) is 14.8. The Balaban J connectivity index is 1.62. The third-order valence-corrected chi connectivity index (χ3v) is 6.10. The molecule has 0 bridgehead atoms. The molecule has 0 spiro atoms. The molecule has 6 nitrogen and oxygen atoms in total. The summed E-state index contributed by atoms with van der Waals surface area (Å²) in [6.45, 7) is 4.17. The molecule has 1 heterocycles. The fraction of sp³-hybridized carbons (Fsp3) is 0.263. The van der Waals surface area contributed by atoms with Crippen LogP contribution in [0.2, 0.25) is 0 Å². The van der Waals surface area contributed by atoms with Gasteiger partial charge in [0.2, 0.25) is 21.8 Å². The zero-order chi connectivity index (χ0) is 19.4. The molecule has 1 aliphatic rings. The lowest BCUT2D eigenvalue weighted by molar-refractivity contribution is 0.476. The number of nitrogens with two attached hydrogens (primary N) is 1. The van der Waals surface area contributed by atoms with Crippen molar-refractivity contribution in [2.24, 2.45) is 10.6 Å². The van der Waals surface area contributed by atoms with Gasteiger partial charge in [-0.1, -0.05) is 32.0 Å². The Morgan fingerprint density at radius 3 is 2.41 bits per heavy atom. The lowest BCUT2D eigenvalue weighted by Gasteiger charge is -2.04. The topological polar surface area (TPSA) is 99.1 Å². The SMILES string of the molecule is CC1(C)[C@@H](c2ccc(S(N)(=O)=O)cc2)[C@@H]1c1nnc(-c2cccc(F)c2)o1. The maximum absolute atomic E-state index is 13.4. The van der Waals surface area contributed by atoms with Crippen molar-refractivity contribution in [3.05, 3.63) is 65.8 Å². The van der Waals surface area contributed by atoms with Crippen molar-refractivity contribution in [2.75, 3.05) is 0 Å². The summed E-state index contributed by atoms with van der Waals surface area (Å²) in [7, 11) is -3.72. The molecule has 4 rings (SSSR count). The van der Waals surface area contributed by atoms with Crippen molar-refractivity contribution < 1.29 is 17.2 Å². The number of nitrogens with zero attached hydrogens (tertiary/aromatic N) is 2. The van der Waals surface area contributed by atoms with Gasteiger partial charge in [-0.05, 0) is 41.3 Å². The first-order valence-electron chi connectivity index (χ1n) is 8.40. The number of sulfonamides is 1. The first-order chi connectivity index (χ1) is 12.7. The minimum atomic E-state index is -3.72. The fourth-order valence-corrected chi connectivity index (χ4v) is 4.20. The van der Waals surface area contributed by atoms with Gasteiger partial charge in [-0.3, -0.25) is 0 Å². The molecule has 140 valence electrons. The molecular formula is C19H18FN3O3S. The summed E-state index contributed by atoms with van der Waals surface area (Å²) in [5.74, 6) is 0.489. The highest BCUT2D eigenvalue weighted by Gasteiger charge is 2.61. The highest BCUT2D eigenvalue weighted by molar-refractivity contribution is 7.89. The third kappa shape index (κ3) is 3.15. The standard InChI is InChI=1S/C19H18FN3O3S/c1-19(2)15(11-6-8-14(9-7-11)27(21,24)25)16(19)18-23-22-17(26-18)12-4-3-5-13(20)10-12/h3-10,15-16H,1-2H3,(H2,21,24,25)/t15-,16+/m0/s1. The Kier molecular flexibility index (Phi) is 3.94. The third-order valence-electron chi connectivity index (χ3n) is 5.17. The molecule has 1 aliphatic carbocycles. The maximum Gasteiger partial charge on any atom is 0.247 e. The van der Waals surface area contributed by atoms with Gasteiger partial charge in [0.25, 0.3) is 0 Å². The smallest absolute Gasteiger partial charge is 0.247 e. The molecule has 0 unspecified atom stereocenters. The second kappa shape index (κ2) is 5.97. The Morgan fingerprint density at radius 2 is 1.78 bits per heavy atom. The van der Waals surface area contributed by atoms with Crippen LogP contribution in [0.3, 0.4) is 0 Å². The van der Waals surface area contributed by atoms with Crippen LogP contribution < -0.4 is 5.14 Å². The molecule has 0 radical (unpaired) electrons.